The van der Waals surface area contributed by atoms with Crippen molar-refractivity contribution in [3.05, 3.63) is 69.2 Å². The number of hydrogen-bond donors (Lipinski definition) is 1. The van der Waals surface area contributed by atoms with Gasteiger partial charge in [-0.1, -0.05) is 18.2 Å². The number of furan rings is 1. The van der Waals surface area contributed by atoms with Crippen molar-refractivity contribution >= 4 is 16.9 Å². The van der Waals surface area contributed by atoms with E-state index >= 15 is 0 Å². The number of rotatable bonds is 5. The lowest BCUT2D eigenvalue weighted by atomic mass is 10.2. The standard InChI is InChI=1S/C18H19N3O4/c1-3-21(17(23)11-20-9-8-16(22)19-18(20)24)12(2)15-10-13-6-4-5-7-14(13)25-15/h4-10,12H,3,11H2,1-2H3,(H,19,22,24)/t12-/m0/s1. The summed E-state index contributed by atoms with van der Waals surface area (Å²) in [5.74, 6) is 0.454. The molecule has 7 nitrogen and oxygen atoms in total. The van der Waals surface area contributed by atoms with E-state index < -0.39 is 11.2 Å². The Balaban J connectivity index is 1.83. The number of amides is 1. The molecule has 0 aliphatic carbocycles. The number of nitrogens with zero attached hydrogens (tertiary/aromatic N) is 2. The summed E-state index contributed by atoms with van der Waals surface area (Å²) in [6.07, 6.45) is 1.32. The van der Waals surface area contributed by atoms with Crippen LogP contribution in [-0.2, 0) is 11.3 Å². The van der Waals surface area contributed by atoms with Crippen molar-refractivity contribution in [3.8, 4) is 0 Å². The van der Waals surface area contributed by atoms with Gasteiger partial charge in [-0.25, -0.2) is 4.79 Å². The van der Waals surface area contributed by atoms with Crippen LogP contribution in [0.15, 0.2) is 56.6 Å². The minimum absolute atomic E-state index is 0.145. The molecule has 0 fully saturated rings. The van der Waals surface area contributed by atoms with Crippen LogP contribution in [0.1, 0.15) is 25.6 Å². The number of hydrogen-bond acceptors (Lipinski definition) is 4. The molecule has 1 aromatic carbocycles. The number of carbonyl (C=O) groups excluding carboxylic acids is 1. The molecule has 3 rings (SSSR count). The summed E-state index contributed by atoms with van der Waals surface area (Å²) in [5, 5.41) is 0.977. The van der Waals surface area contributed by atoms with Crippen LogP contribution in [0.4, 0.5) is 0 Å². The number of aromatic nitrogens is 2. The maximum atomic E-state index is 12.6. The SMILES string of the molecule is CCN(C(=O)Cn1ccc(=O)[nH]c1=O)[C@@H](C)c1cc2ccccc2o1. The maximum Gasteiger partial charge on any atom is 0.328 e. The van der Waals surface area contributed by atoms with Crippen molar-refractivity contribution in [3.63, 3.8) is 0 Å². The zero-order chi connectivity index (χ0) is 18.0. The predicted molar refractivity (Wildman–Crippen MR) is 93.3 cm³/mol. The van der Waals surface area contributed by atoms with Crippen molar-refractivity contribution in [1.29, 1.82) is 0 Å². The maximum absolute atomic E-state index is 12.6. The van der Waals surface area contributed by atoms with Crippen LogP contribution >= 0.6 is 0 Å². The third kappa shape index (κ3) is 3.40. The summed E-state index contributed by atoms with van der Waals surface area (Å²) in [4.78, 5) is 39.3. The largest absolute Gasteiger partial charge is 0.459 e. The number of para-hydroxylation sites is 1. The van der Waals surface area contributed by atoms with Gasteiger partial charge in [-0.05, 0) is 26.0 Å². The smallest absolute Gasteiger partial charge is 0.328 e. The lowest BCUT2D eigenvalue weighted by molar-refractivity contribution is -0.134. The zero-order valence-corrected chi connectivity index (χ0v) is 14.1. The highest BCUT2D eigenvalue weighted by Crippen LogP contribution is 2.27. The number of H-pyrrole nitrogens is 1. The molecule has 0 aliphatic rings. The van der Waals surface area contributed by atoms with Gasteiger partial charge < -0.3 is 9.32 Å². The van der Waals surface area contributed by atoms with Crippen LogP contribution in [0.25, 0.3) is 11.0 Å². The van der Waals surface area contributed by atoms with Crippen LogP contribution in [0.2, 0.25) is 0 Å². The van der Waals surface area contributed by atoms with Gasteiger partial charge in [0.15, 0.2) is 0 Å². The summed E-state index contributed by atoms with van der Waals surface area (Å²) >= 11 is 0. The van der Waals surface area contributed by atoms with Gasteiger partial charge in [0.05, 0.1) is 6.04 Å². The Morgan fingerprint density at radius 3 is 2.72 bits per heavy atom. The second-order valence-corrected chi connectivity index (χ2v) is 5.78. The van der Waals surface area contributed by atoms with E-state index in [4.69, 9.17) is 4.42 Å². The van der Waals surface area contributed by atoms with E-state index in [9.17, 15) is 14.4 Å². The van der Waals surface area contributed by atoms with E-state index in [0.717, 1.165) is 11.0 Å². The van der Waals surface area contributed by atoms with Crippen LogP contribution < -0.4 is 11.2 Å². The lowest BCUT2D eigenvalue weighted by Crippen LogP contribution is -2.39. The van der Waals surface area contributed by atoms with Gasteiger partial charge in [-0.2, -0.15) is 0 Å². The number of likely N-dealkylation sites (N-methyl/N-ethyl adjacent to an activating group) is 1. The molecule has 1 N–H and O–H groups in total. The summed E-state index contributed by atoms with van der Waals surface area (Å²) in [5.41, 5.74) is -0.324. The molecule has 0 bridgehead atoms. The quantitative estimate of drug-likeness (QED) is 0.767. The number of nitrogens with one attached hydrogen (secondary N) is 1. The Labute approximate surface area is 143 Å². The molecule has 0 unspecified atom stereocenters. The Hall–Kier alpha value is -3.09. The lowest BCUT2D eigenvalue weighted by Gasteiger charge is -2.26. The number of fused-ring (bicyclic) bond motifs is 1. The normalized spacial score (nSPS) is 12.2. The Morgan fingerprint density at radius 1 is 1.28 bits per heavy atom. The van der Waals surface area contributed by atoms with Gasteiger partial charge in [0, 0.05) is 24.2 Å². The highest BCUT2D eigenvalue weighted by atomic mass is 16.3. The van der Waals surface area contributed by atoms with Gasteiger partial charge in [-0.15, -0.1) is 0 Å². The van der Waals surface area contributed by atoms with Crippen molar-refractivity contribution in [2.24, 2.45) is 0 Å². The first-order valence-electron chi connectivity index (χ1n) is 8.07. The molecule has 130 valence electrons. The third-order valence-electron chi connectivity index (χ3n) is 4.19. The summed E-state index contributed by atoms with van der Waals surface area (Å²) < 4.78 is 7.02. The van der Waals surface area contributed by atoms with E-state index in [1.54, 1.807) is 4.90 Å². The van der Waals surface area contributed by atoms with Crippen molar-refractivity contribution < 1.29 is 9.21 Å². The van der Waals surface area contributed by atoms with Crippen molar-refractivity contribution in [1.82, 2.24) is 14.5 Å². The van der Waals surface area contributed by atoms with E-state index in [0.29, 0.717) is 12.3 Å². The first-order valence-corrected chi connectivity index (χ1v) is 8.07. The fourth-order valence-electron chi connectivity index (χ4n) is 2.83. The molecule has 0 aliphatic heterocycles. The van der Waals surface area contributed by atoms with Crippen LogP contribution in [0.3, 0.4) is 0 Å². The second kappa shape index (κ2) is 6.80. The average molecular weight is 341 g/mol. The number of benzene rings is 1. The van der Waals surface area contributed by atoms with E-state index in [1.807, 2.05) is 44.2 Å². The molecule has 2 heterocycles. The van der Waals surface area contributed by atoms with Crippen molar-refractivity contribution in [2.75, 3.05) is 6.54 Å². The summed E-state index contributed by atoms with van der Waals surface area (Å²) in [7, 11) is 0. The third-order valence-corrected chi connectivity index (χ3v) is 4.19. The average Bonchev–Trinajstić information content (AvgIpc) is 3.02. The molecular weight excluding hydrogens is 322 g/mol. The first-order chi connectivity index (χ1) is 12.0. The molecular formula is C18H19N3O4. The minimum Gasteiger partial charge on any atom is -0.459 e. The van der Waals surface area contributed by atoms with Gasteiger partial charge in [0.25, 0.3) is 5.56 Å². The van der Waals surface area contributed by atoms with Crippen molar-refractivity contribution in [2.45, 2.75) is 26.4 Å². The number of aromatic amines is 1. The fourth-order valence-corrected chi connectivity index (χ4v) is 2.83. The van der Waals surface area contributed by atoms with E-state index in [2.05, 4.69) is 4.98 Å². The van der Waals surface area contributed by atoms with Crippen LogP contribution in [0, 0.1) is 0 Å². The van der Waals surface area contributed by atoms with Crippen LogP contribution in [0.5, 0.6) is 0 Å². The highest BCUT2D eigenvalue weighted by molar-refractivity contribution is 5.79. The molecule has 1 amide bonds. The van der Waals surface area contributed by atoms with E-state index in [1.165, 1.54) is 16.8 Å². The Bertz CT molecular complexity index is 982. The topological polar surface area (TPSA) is 88.3 Å². The monoisotopic (exact) mass is 341 g/mol. The molecule has 0 spiro atoms. The zero-order valence-electron chi connectivity index (χ0n) is 14.1. The molecule has 3 aromatic rings. The van der Waals surface area contributed by atoms with Gasteiger partial charge in [0.2, 0.25) is 5.91 Å². The highest BCUT2D eigenvalue weighted by Gasteiger charge is 2.23. The first kappa shape index (κ1) is 16.8. The number of carbonyl (C=O) groups is 1. The molecule has 0 radical (unpaired) electrons. The molecule has 0 saturated carbocycles. The van der Waals surface area contributed by atoms with Gasteiger partial charge in [-0.3, -0.25) is 19.1 Å². The molecule has 7 heteroatoms. The predicted octanol–water partition coefficient (Wildman–Crippen LogP) is 1.89. The fraction of sp³-hybridized carbons (Fsp3) is 0.278. The summed E-state index contributed by atoms with van der Waals surface area (Å²) in [6.45, 7) is 4.07. The second-order valence-electron chi connectivity index (χ2n) is 5.78. The Kier molecular flexibility index (Phi) is 4.56. The van der Waals surface area contributed by atoms with E-state index in [-0.39, 0.29) is 18.5 Å². The van der Waals surface area contributed by atoms with Crippen LogP contribution in [-0.4, -0.2) is 26.9 Å². The van der Waals surface area contributed by atoms with Gasteiger partial charge in [0.1, 0.15) is 17.9 Å². The minimum atomic E-state index is -0.603. The molecule has 1 atom stereocenters. The molecule has 2 aromatic heterocycles. The Morgan fingerprint density at radius 2 is 2.04 bits per heavy atom. The van der Waals surface area contributed by atoms with Gasteiger partial charge >= 0.3 is 5.69 Å². The molecule has 25 heavy (non-hydrogen) atoms. The summed E-state index contributed by atoms with van der Waals surface area (Å²) in [6, 6.07) is 10.5. The molecule has 0 saturated heterocycles.